The van der Waals surface area contributed by atoms with Crippen molar-refractivity contribution in [1.29, 1.82) is 0 Å². The molecule has 0 bridgehead atoms. The number of aryl methyl sites for hydroxylation is 1. The van der Waals surface area contributed by atoms with E-state index in [0.717, 1.165) is 23.0 Å². The largest absolute Gasteiger partial charge is 0.349 e. The monoisotopic (exact) mass is 262 g/mol. The lowest BCUT2D eigenvalue weighted by atomic mass is 10.1. The summed E-state index contributed by atoms with van der Waals surface area (Å²) in [6.45, 7) is 0. The Morgan fingerprint density at radius 1 is 1.25 bits per heavy atom. The van der Waals surface area contributed by atoms with Crippen molar-refractivity contribution in [3.8, 4) is 0 Å². The fraction of sp³-hybridized carbons (Fsp3) is 0.125. The Balaban J connectivity index is 1.80. The number of H-pyrrole nitrogens is 1. The average molecular weight is 262 g/mol. The van der Waals surface area contributed by atoms with Gasteiger partial charge in [0.05, 0.1) is 11.7 Å². The number of hydrogen-bond donors (Lipinski definition) is 1. The van der Waals surface area contributed by atoms with Gasteiger partial charge in [0.1, 0.15) is 5.65 Å². The number of pyridine rings is 2. The maximum Gasteiger partial charge on any atom is 0.137 e. The summed E-state index contributed by atoms with van der Waals surface area (Å²) in [5.74, 6) is 0. The Bertz CT molecular complexity index is 901. The first kappa shape index (κ1) is 11.2. The Morgan fingerprint density at radius 3 is 3.15 bits per heavy atom. The quantitative estimate of drug-likeness (QED) is 0.603. The van der Waals surface area contributed by atoms with Gasteiger partial charge < -0.3 is 9.55 Å². The van der Waals surface area contributed by atoms with E-state index in [0.29, 0.717) is 0 Å². The van der Waals surface area contributed by atoms with Gasteiger partial charge in [-0.1, -0.05) is 0 Å². The van der Waals surface area contributed by atoms with Gasteiger partial charge in [0.15, 0.2) is 0 Å². The summed E-state index contributed by atoms with van der Waals surface area (Å²) in [6.07, 6.45) is 10.7. The predicted molar refractivity (Wildman–Crippen MR) is 79.6 cm³/mol. The first-order chi connectivity index (χ1) is 9.81. The molecule has 4 heteroatoms. The summed E-state index contributed by atoms with van der Waals surface area (Å²) in [4.78, 5) is 11.8. The predicted octanol–water partition coefficient (Wildman–Crippen LogP) is 3.04. The minimum atomic E-state index is 0.884. The fourth-order valence-corrected chi connectivity index (χ4v) is 2.75. The lowest BCUT2D eigenvalue weighted by molar-refractivity contribution is 0.954. The molecule has 0 aliphatic rings. The van der Waals surface area contributed by atoms with Gasteiger partial charge >= 0.3 is 0 Å². The van der Waals surface area contributed by atoms with Crippen LogP contribution in [0, 0.1) is 0 Å². The van der Waals surface area contributed by atoms with Crippen LogP contribution < -0.4 is 0 Å². The third kappa shape index (κ3) is 1.69. The number of nitrogens with zero attached hydrogens (tertiary/aromatic N) is 3. The van der Waals surface area contributed by atoms with Crippen LogP contribution in [-0.2, 0) is 13.5 Å². The molecule has 0 saturated heterocycles. The third-order valence-electron chi connectivity index (χ3n) is 3.73. The molecule has 4 rings (SSSR count). The minimum Gasteiger partial charge on any atom is -0.349 e. The first-order valence-corrected chi connectivity index (χ1v) is 6.61. The van der Waals surface area contributed by atoms with Gasteiger partial charge in [0.2, 0.25) is 0 Å². The number of rotatable bonds is 2. The van der Waals surface area contributed by atoms with Crippen LogP contribution in [0.4, 0.5) is 0 Å². The van der Waals surface area contributed by atoms with Crippen molar-refractivity contribution in [3.63, 3.8) is 0 Å². The molecule has 4 aromatic heterocycles. The van der Waals surface area contributed by atoms with Gasteiger partial charge in [-0.05, 0) is 29.3 Å². The summed E-state index contributed by atoms with van der Waals surface area (Å²) < 4.78 is 2.12. The summed E-state index contributed by atoms with van der Waals surface area (Å²) in [7, 11) is 2.06. The zero-order valence-electron chi connectivity index (χ0n) is 11.2. The van der Waals surface area contributed by atoms with E-state index >= 15 is 0 Å². The van der Waals surface area contributed by atoms with Crippen molar-refractivity contribution in [2.24, 2.45) is 7.05 Å². The van der Waals surface area contributed by atoms with Crippen molar-refractivity contribution >= 4 is 21.9 Å². The highest BCUT2D eigenvalue weighted by atomic mass is 14.9. The fourth-order valence-electron chi connectivity index (χ4n) is 2.75. The van der Waals surface area contributed by atoms with Crippen LogP contribution in [0.1, 0.15) is 11.1 Å². The van der Waals surface area contributed by atoms with Crippen molar-refractivity contribution < 1.29 is 0 Å². The molecule has 20 heavy (non-hydrogen) atoms. The number of aromatic nitrogens is 4. The molecule has 0 spiro atoms. The van der Waals surface area contributed by atoms with E-state index in [2.05, 4.69) is 51.0 Å². The average Bonchev–Trinajstić information content (AvgIpc) is 3.05. The van der Waals surface area contributed by atoms with Crippen LogP contribution >= 0.6 is 0 Å². The van der Waals surface area contributed by atoms with Crippen molar-refractivity contribution in [2.75, 3.05) is 0 Å². The SMILES string of the molecule is Cn1cc(Cc2cnc3[nH]ccc3c2)c2ccncc21. The van der Waals surface area contributed by atoms with E-state index in [1.54, 1.807) is 0 Å². The van der Waals surface area contributed by atoms with Gasteiger partial charge in [0, 0.05) is 49.0 Å². The second kappa shape index (κ2) is 4.20. The molecule has 0 saturated carbocycles. The van der Waals surface area contributed by atoms with E-state index < -0.39 is 0 Å². The van der Waals surface area contributed by atoms with E-state index in [1.165, 1.54) is 16.5 Å². The molecule has 0 atom stereocenters. The molecule has 0 aliphatic heterocycles. The van der Waals surface area contributed by atoms with E-state index in [1.807, 2.05) is 24.8 Å². The normalized spacial score (nSPS) is 11.4. The summed E-state index contributed by atoms with van der Waals surface area (Å²) in [5.41, 5.74) is 4.64. The second-order valence-corrected chi connectivity index (χ2v) is 5.09. The second-order valence-electron chi connectivity index (χ2n) is 5.09. The zero-order valence-corrected chi connectivity index (χ0v) is 11.2. The van der Waals surface area contributed by atoms with Crippen molar-refractivity contribution in [1.82, 2.24) is 19.5 Å². The standard InChI is InChI=1S/C16H14N4/c1-20-10-13(14-3-4-17-9-15(14)20)7-11-6-12-2-5-18-16(12)19-8-11/h2-6,8-10H,7H2,1H3,(H,18,19). The van der Waals surface area contributed by atoms with Crippen LogP contribution in [0.2, 0.25) is 0 Å². The van der Waals surface area contributed by atoms with Gasteiger partial charge in [0.25, 0.3) is 0 Å². The maximum atomic E-state index is 4.45. The van der Waals surface area contributed by atoms with Gasteiger partial charge in [-0.15, -0.1) is 0 Å². The van der Waals surface area contributed by atoms with Crippen LogP contribution in [0.3, 0.4) is 0 Å². The number of fused-ring (bicyclic) bond motifs is 2. The smallest absolute Gasteiger partial charge is 0.137 e. The molecule has 4 aromatic rings. The van der Waals surface area contributed by atoms with Gasteiger partial charge in [-0.3, -0.25) is 4.98 Å². The van der Waals surface area contributed by atoms with Gasteiger partial charge in [-0.25, -0.2) is 4.98 Å². The van der Waals surface area contributed by atoms with E-state index in [4.69, 9.17) is 0 Å². The third-order valence-corrected chi connectivity index (χ3v) is 3.73. The first-order valence-electron chi connectivity index (χ1n) is 6.61. The molecular formula is C16H14N4. The van der Waals surface area contributed by atoms with Crippen molar-refractivity contribution in [2.45, 2.75) is 6.42 Å². The molecule has 0 fully saturated rings. The maximum absolute atomic E-state index is 4.45. The molecule has 4 nitrogen and oxygen atoms in total. The summed E-state index contributed by atoms with van der Waals surface area (Å²) in [5, 5.41) is 2.42. The summed E-state index contributed by atoms with van der Waals surface area (Å²) >= 11 is 0. The highest BCUT2D eigenvalue weighted by Crippen LogP contribution is 2.23. The van der Waals surface area contributed by atoms with Crippen molar-refractivity contribution in [3.05, 3.63) is 60.3 Å². The Labute approximate surface area is 116 Å². The van der Waals surface area contributed by atoms with E-state index in [9.17, 15) is 0 Å². The lowest BCUT2D eigenvalue weighted by Crippen LogP contribution is -1.89. The molecule has 4 heterocycles. The Morgan fingerprint density at radius 2 is 2.20 bits per heavy atom. The highest BCUT2D eigenvalue weighted by molar-refractivity contribution is 5.83. The topological polar surface area (TPSA) is 46.5 Å². The molecule has 1 N–H and O–H groups in total. The number of hydrogen-bond acceptors (Lipinski definition) is 2. The zero-order chi connectivity index (χ0) is 13.5. The van der Waals surface area contributed by atoms with Crippen LogP contribution in [0.15, 0.2) is 49.2 Å². The molecule has 98 valence electrons. The molecule has 0 radical (unpaired) electrons. The Hall–Kier alpha value is -2.62. The molecule has 0 aliphatic carbocycles. The van der Waals surface area contributed by atoms with E-state index in [-0.39, 0.29) is 0 Å². The summed E-state index contributed by atoms with van der Waals surface area (Å²) in [6, 6.07) is 6.32. The lowest BCUT2D eigenvalue weighted by Gasteiger charge is -2.00. The number of aromatic amines is 1. The number of nitrogens with one attached hydrogen (secondary N) is 1. The van der Waals surface area contributed by atoms with Crippen LogP contribution in [-0.4, -0.2) is 19.5 Å². The molecule has 0 amide bonds. The molecule has 0 aromatic carbocycles. The Kier molecular flexibility index (Phi) is 2.36. The molecule has 0 unspecified atom stereocenters. The van der Waals surface area contributed by atoms with Crippen LogP contribution in [0.5, 0.6) is 0 Å². The molecular weight excluding hydrogens is 248 g/mol. The highest BCUT2D eigenvalue weighted by Gasteiger charge is 2.08. The van der Waals surface area contributed by atoms with Gasteiger partial charge in [-0.2, -0.15) is 0 Å². The van der Waals surface area contributed by atoms with Crippen LogP contribution in [0.25, 0.3) is 21.9 Å². The minimum absolute atomic E-state index is 0.884.